The van der Waals surface area contributed by atoms with Gasteiger partial charge in [0.15, 0.2) is 0 Å². The standard InChI is InChI=1S/C14H18BrN3O3/c1-18-6-2-3-10(8-18)16-14(21)17-12-7-9(15)4-5-11(12)13(19)20/h4-5,7,10H,2-3,6,8H2,1H3,(H,19,20)(H2,16,17,21). The fourth-order valence-corrected chi connectivity index (χ4v) is 2.80. The first-order valence-electron chi connectivity index (χ1n) is 6.74. The summed E-state index contributed by atoms with van der Waals surface area (Å²) in [5.41, 5.74) is 0.340. The Kier molecular flexibility index (Phi) is 5.19. The third-order valence-corrected chi connectivity index (χ3v) is 3.91. The van der Waals surface area contributed by atoms with Crippen LogP contribution >= 0.6 is 15.9 Å². The molecule has 1 saturated heterocycles. The van der Waals surface area contributed by atoms with Crippen LogP contribution in [0.25, 0.3) is 0 Å². The number of nitrogens with one attached hydrogen (secondary N) is 2. The van der Waals surface area contributed by atoms with E-state index in [1.54, 1.807) is 12.1 Å². The normalized spacial score (nSPS) is 19.0. The van der Waals surface area contributed by atoms with E-state index in [-0.39, 0.29) is 23.3 Å². The van der Waals surface area contributed by atoms with Crippen LogP contribution in [0.2, 0.25) is 0 Å². The molecule has 21 heavy (non-hydrogen) atoms. The van der Waals surface area contributed by atoms with E-state index in [0.29, 0.717) is 4.47 Å². The number of carbonyl (C=O) groups is 2. The first kappa shape index (κ1) is 15.8. The number of rotatable bonds is 3. The molecule has 6 nitrogen and oxygen atoms in total. The Morgan fingerprint density at radius 1 is 1.43 bits per heavy atom. The van der Waals surface area contributed by atoms with Gasteiger partial charge in [0.1, 0.15) is 0 Å². The van der Waals surface area contributed by atoms with Crippen molar-refractivity contribution < 1.29 is 14.7 Å². The fraction of sp³-hybridized carbons (Fsp3) is 0.429. The summed E-state index contributed by atoms with van der Waals surface area (Å²) in [6.45, 7) is 1.84. The first-order valence-corrected chi connectivity index (χ1v) is 7.54. The molecule has 1 fully saturated rings. The Labute approximate surface area is 131 Å². The largest absolute Gasteiger partial charge is 0.478 e. The third kappa shape index (κ3) is 4.44. The van der Waals surface area contributed by atoms with Gasteiger partial charge in [-0.1, -0.05) is 15.9 Å². The van der Waals surface area contributed by atoms with Crippen molar-refractivity contribution in [3.63, 3.8) is 0 Å². The molecule has 1 aliphatic heterocycles. The lowest BCUT2D eigenvalue weighted by Gasteiger charge is -2.30. The number of likely N-dealkylation sites (tertiary alicyclic amines) is 1. The van der Waals surface area contributed by atoms with Crippen molar-refractivity contribution in [1.82, 2.24) is 10.2 Å². The zero-order valence-corrected chi connectivity index (χ0v) is 13.3. The van der Waals surface area contributed by atoms with Crippen molar-refractivity contribution in [1.29, 1.82) is 0 Å². The second kappa shape index (κ2) is 6.91. The average Bonchev–Trinajstić information content (AvgIpc) is 2.38. The quantitative estimate of drug-likeness (QED) is 0.777. The molecular formula is C14H18BrN3O3. The summed E-state index contributed by atoms with van der Waals surface area (Å²) < 4.78 is 0.709. The zero-order chi connectivity index (χ0) is 15.4. The Bertz CT molecular complexity index is 550. The lowest BCUT2D eigenvalue weighted by Crippen LogP contribution is -2.47. The number of urea groups is 1. The summed E-state index contributed by atoms with van der Waals surface area (Å²) in [5, 5.41) is 14.6. The molecule has 114 valence electrons. The SMILES string of the molecule is CN1CCCC(NC(=O)Nc2cc(Br)ccc2C(=O)O)C1. The van der Waals surface area contributed by atoms with Gasteiger partial charge in [-0.25, -0.2) is 9.59 Å². The summed E-state index contributed by atoms with van der Waals surface area (Å²) in [4.78, 5) is 25.3. The number of halogens is 1. The van der Waals surface area contributed by atoms with Gasteiger partial charge in [0, 0.05) is 17.1 Å². The number of nitrogens with zero attached hydrogens (tertiary/aromatic N) is 1. The van der Waals surface area contributed by atoms with Crippen LogP contribution in [-0.4, -0.2) is 48.2 Å². The molecule has 1 aromatic carbocycles. The maximum absolute atomic E-state index is 12.0. The minimum Gasteiger partial charge on any atom is -0.478 e. The van der Waals surface area contributed by atoms with Gasteiger partial charge in [-0.15, -0.1) is 0 Å². The molecule has 0 radical (unpaired) electrons. The summed E-state index contributed by atoms with van der Waals surface area (Å²) >= 11 is 3.27. The highest BCUT2D eigenvalue weighted by Crippen LogP contribution is 2.21. The topological polar surface area (TPSA) is 81.7 Å². The lowest BCUT2D eigenvalue weighted by molar-refractivity contribution is 0.0698. The Morgan fingerprint density at radius 3 is 2.86 bits per heavy atom. The van der Waals surface area contributed by atoms with E-state index < -0.39 is 5.97 Å². The van der Waals surface area contributed by atoms with Crippen molar-refractivity contribution in [3.8, 4) is 0 Å². The van der Waals surface area contributed by atoms with Crippen LogP contribution in [0.15, 0.2) is 22.7 Å². The number of benzene rings is 1. The molecule has 2 amide bonds. The smallest absolute Gasteiger partial charge is 0.337 e. The molecule has 7 heteroatoms. The van der Waals surface area contributed by atoms with Gasteiger partial charge in [-0.3, -0.25) is 0 Å². The maximum Gasteiger partial charge on any atom is 0.337 e. The van der Waals surface area contributed by atoms with E-state index in [0.717, 1.165) is 25.9 Å². The van der Waals surface area contributed by atoms with Gasteiger partial charge in [0.25, 0.3) is 0 Å². The van der Waals surface area contributed by atoms with Crippen LogP contribution in [0, 0.1) is 0 Å². The first-order chi connectivity index (χ1) is 9.95. The van der Waals surface area contributed by atoms with Crippen LogP contribution in [0.5, 0.6) is 0 Å². The second-order valence-electron chi connectivity index (χ2n) is 5.19. The molecule has 3 N–H and O–H groups in total. The summed E-state index contributed by atoms with van der Waals surface area (Å²) in [6.07, 6.45) is 1.97. The number of hydrogen-bond donors (Lipinski definition) is 3. The number of piperidine rings is 1. The minimum absolute atomic E-state index is 0.0640. The maximum atomic E-state index is 12.0. The van der Waals surface area contributed by atoms with Crippen LogP contribution in [0.3, 0.4) is 0 Å². The van der Waals surface area contributed by atoms with E-state index in [1.807, 2.05) is 7.05 Å². The monoisotopic (exact) mass is 355 g/mol. The van der Waals surface area contributed by atoms with E-state index in [9.17, 15) is 9.59 Å². The van der Waals surface area contributed by atoms with Gasteiger partial charge in [0.2, 0.25) is 0 Å². The number of carboxylic acids is 1. The highest BCUT2D eigenvalue weighted by molar-refractivity contribution is 9.10. The van der Waals surface area contributed by atoms with Gasteiger partial charge >= 0.3 is 12.0 Å². The van der Waals surface area contributed by atoms with E-state index in [4.69, 9.17) is 5.11 Å². The Morgan fingerprint density at radius 2 is 2.19 bits per heavy atom. The number of carbonyl (C=O) groups excluding carboxylic acids is 1. The van der Waals surface area contributed by atoms with Gasteiger partial charge in [-0.05, 0) is 44.6 Å². The van der Waals surface area contributed by atoms with E-state index >= 15 is 0 Å². The molecule has 1 unspecified atom stereocenters. The predicted octanol–water partition coefficient (Wildman–Crippen LogP) is 2.36. The molecule has 0 aliphatic carbocycles. The summed E-state index contributed by atoms with van der Waals surface area (Å²) in [7, 11) is 2.02. The molecule has 2 rings (SSSR count). The molecule has 0 spiro atoms. The number of likely N-dealkylation sites (N-methyl/N-ethyl adjacent to an activating group) is 1. The number of hydrogen-bond acceptors (Lipinski definition) is 3. The van der Waals surface area contributed by atoms with Gasteiger partial charge < -0.3 is 20.6 Å². The molecule has 1 aliphatic rings. The Hall–Kier alpha value is -1.60. The predicted molar refractivity (Wildman–Crippen MR) is 83.8 cm³/mol. The third-order valence-electron chi connectivity index (χ3n) is 3.42. The van der Waals surface area contributed by atoms with E-state index in [2.05, 4.69) is 31.5 Å². The highest BCUT2D eigenvalue weighted by Gasteiger charge is 2.20. The number of aromatic carboxylic acids is 1. The van der Waals surface area contributed by atoms with Crippen LogP contribution in [-0.2, 0) is 0 Å². The average molecular weight is 356 g/mol. The highest BCUT2D eigenvalue weighted by atomic mass is 79.9. The van der Waals surface area contributed by atoms with Crippen molar-refractivity contribution in [2.45, 2.75) is 18.9 Å². The fourth-order valence-electron chi connectivity index (χ4n) is 2.43. The molecule has 1 atom stereocenters. The van der Waals surface area contributed by atoms with Crippen LogP contribution < -0.4 is 10.6 Å². The summed E-state index contributed by atoms with van der Waals surface area (Å²) in [6, 6.07) is 4.37. The van der Waals surface area contributed by atoms with Crippen molar-refractivity contribution in [3.05, 3.63) is 28.2 Å². The summed E-state index contributed by atoms with van der Waals surface area (Å²) in [5.74, 6) is -1.07. The Balaban J connectivity index is 2.02. The van der Waals surface area contributed by atoms with Crippen molar-refractivity contribution in [2.24, 2.45) is 0 Å². The minimum atomic E-state index is -1.07. The molecule has 0 aromatic heterocycles. The number of anilines is 1. The molecule has 1 heterocycles. The second-order valence-corrected chi connectivity index (χ2v) is 6.11. The number of amides is 2. The molecule has 0 bridgehead atoms. The molecule has 1 aromatic rings. The number of carboxylic acid groups (broad SMARTS) is 1. The molecular weight excluding hydrogens is 338 g/mol. The van der Waals surface area contributed by atoms with Crippen LogP contribution in [0.4, 0.5) is 10.5 Å². The van der Waals surface area contributed by atoms with Gasteiger partial charge in [0.05, 0.1) is 11.3 Å². The van der Waals surface area contributed by atoms with Crippen molar-refractivity contribution in [2.75, 3.05) is 25.5 Å². The molecule has 0 saturated carbocycles. The zero-order valence-electron chi connectivity index (χ0n) is 11.7. The van der Waals surface area contributed by atoms with Gasteiger partial charge in [-0.2, -0.15) is 0 Å². The van der Waals surface area contributed by atoms with E-state index in [1.165, 1.54) is 6.07 Å². The van der Waals surface area contributed by atoms with Crippen molar-refractivity contribution >= 4 is 33.6 Å². The van der Waals surface area contributed by atoms with Crippen LogP contribution in [0.1, 0.15) is 23.2 Å². The lowest BCUT2D eigenvalue weighted by atomic mass is 10.1.